The Hall–Kier alpha value is -2.10. The van der Waals surface area contributed by atoms with Gasteiger partial charge in [0.05, 0.1) is 0 Å². The third-order valence-electron chi connectivity index (χ3n) is 4.20. The van der Waals surface area contributed by atoms with Gasteiger partial charge < -0.3 is 9.84 Å². The number of rotatable bonds is 7. The molecule has 0 aliphatic heterocycles. The predicted octanol–water partition coefficient (Wildman–Crippen LogP) is 6.57. The van der Waals surface area contributed by atoms with Gasteiger partial charge in [-0.1, -0.05) is 90.4 Å². The summed E-state index contributed by atoms with van der Waals surface area (Å²) in [5, 5.41) is 9.57. The van der Waals surface area contributed by atoms with Gasteiger partial charge in [-0.25, -0.2) is 0 Å². The van der Waals surface area contributed by atoms with E-state index in [1.54, 1.807) is 0 Å². The molecule has 0 aliphatic carbocycles. The summed E-state index contributed by atoms with van der Waals surface area (Å²) in [7, 11) is 0. The number of aliphatic hydroxyl groups excluding tert-OH is 1. The number of benzene rings is 3. The summed E-state index contributed by atoms with van der Waals surface area (Å²) in [6.45, 7) is 4.65. The predicted molar refractivity (Wildman–Crippen MR) is 116 cm³/mol. The quantitative estimate of drug-likeness (QED) is 0.462. The zero-order valence-electron chi connectivity index (χ0n) is 15.9. The maximum absolute atomic E-state index is 9.57. The molecular formula is C24H27BrO2. The van der Waals surface area contributed by atoms with Gasteiger partial charge in [-0.05, 0) is 35.7 Å². The molecule has 0 fully saturated rings. The van der Waals surface area contributed by atoms with Crippen LogP contribution in [0.2, 0.25) is 0 Å². The van der Waals surface area contributed by atoms with E-state index in [0.29, 0.717) is 13.0 Å². The Morgan fingerprint density at radius 3 is 2.15 bits per heavy atom. The Balaban J connectivity index is 0.00000126. The summed E-state index contributed by atoms with van der Waals surface area (Å²) >= 11 is 3.57. The Kier molecular flexibility index (Phi) is 9.09. The summed E-state index contributed by atoms with van der Waals surface area (Å²) in [5.74, 6) is 0.948. The molecule has 3 aromatic carbocycles. The molecule has 1 unspecified atom stereocenters. The SMILES string of the molecule is CC.OCCC(c1ccccc1)c1cc(Br)ccc1OCc1ccccc1. The maximum atomic E-state index is 9.57. The minimum atomic E-state index is 0.0921. The molecule has 0 saturated carbocycles. The van der Waals surface area contributed by atoms with Crippen molar-refractivity contribution in [1.82, 2.24) is 0 Å². The monoisotopic (exact) mass is 426 g/mol. The fourth-order valence-corrected chi connectivity index (χ4v) is 3.35. The Morgan fingerprint density at radius 2 is 1.52 bits per heavy atom. The molecule has 0 aromatic heterocycles. The molecule has 3 rings (SSSR count). The van der Waals surface area contributed by atoms with Gasteiger partial charge in [0.2, 0.25) is 0 Å². The van der Waals surface area contributed by atoms with Gasteiger partial charge in [0.15, 0.2) is 0 Å². The molecule has 3 heteroatoms. The fraction of sp³-hybridized carbons (Fsp3) is 0.250. The van der Waals surface area contributed by atoms with E-state index in [1.165, 1.54) is 5.56 Å². The normalized spacial score (nSPS) is 11.3. The number of hydrogen-bond donors (Lipinski definition) is 1. The van der Waals surface area contributed by atoms with Crippen molar-refractivity contribution in [3.8, 4) is 5.75 Å². The van der Waals surface area contributed by atoms with E-state index in [0.717, 1.165) is 21.3 Å². The van der Waals surface area contributed by atoms with Gasteiger partial charge in [0.1, 0.15) is 12.4 Å². The summed E-state index contributed by atoms with van der Waals surface area (Å²) < 4.78 is 7.13. The zero-order valence-corrected chi connectivity index (χ0v) is 17.5. The average molecular weight is 427 g/mol. The smallest absolute Gasteiger partial charge is 0.123 e. The van der Waals surface area contributed by atoms with Crippen LogP contribution in [0.25, 0.3) is 0 Å². The van der Waals surface area contributed by atoms with Crippen molar-refractivity contribution >= 4 is 15.9 Å². The highest BCUT2D eigenvalue weighted by molar-refractivity contribution is 9.10. The van der Waals surface area contributed by atoms with Crippen LogP contribution in [0.1, 0.15) is 42.9 Å². The summed E-state index contributed by atoms with van der Waals surface area (Å²) in [6.07, 6.45) is 0.655. The molecule has 0 radical (unpaired) electrons. The summed E-state index contributed by atoms with van der Waals surface area (Å²) in [6, 6.07) is 26.5. The van der Waals surface area contributed by atoms with E-state index >= 15 is 0 Å². The van der Waals surface area contributed by atoms with Crippen LogP contribution in [-0.2, 0) is 6.61 Å². The lowest BCUT2D eigenvalue weighted by Crippen LogP contribution is -2.07. The second kappa shape index (κ2) is 11.6. The van der Waals surface area contributed by atoms with Crippen LogP contribution >= 0.6 is 15.9 Å². The van der Waals surface area contributed by atoms with Crippen LogP contribution in [0.5, 0.6) is 5.75 Å². The van der Waals surface area contributed by atoms with Crippen molar-refractivity contribution in [2.75, 3.05) is 6.61 Å². The third-order valence-corrected chi connectivity index (χ3v) is 4.70. The Bertz CT molecular complexity index is 788. The van der Waals surface area contributed by atoms with Crippen LogP contribution in [0.15, 0.2) is 83.3 Å². The van der Waals surface area contributed by atoms with Gasteiger partial charge >= 0.3 is 0 Å². The molecule has 2 nitrogen and oxygen atoms in total. The zero-order chi connectivity index (χ0) is 19.5. The molecule has 1 atom stereocenters. The lowest BCUT2D eigenvalue weighted by atomic mass is 9.88. The van der Waals surface area contributed by atoms with Crippen molar-refractivity contribution in [3.63, 3.8) is 0 Å². The second-order valence-corrected chi connectivity index (χ2v) is 6.85. The van der Waals surface area contributed by atoms with E-state index in [-0.39, 0.29) is 12.5 Å². The van der Waals surface area contributed by atoms with E-state index in [2.05, 4.69) is 46.3 Å². The third kappa shape index (κ3) is 6.23. The molecule has 3 aromatic rings. The first-order chi connectivity index (χ1) is 13.3. The number of halogens is 1. The molecule has 0 amide bonds. The first-order valence-corrected chi connectivity index (χ1v) is 10.2. The van der Waals surface area contributed by atoms with Gasteiger partial charge in [-0.2, -0.15) is 0 Å². The van der Waals surface area contributed by atoms with Crippen LogP contribution in [0.4, 0.5) is 0 Å². The highest BCUT2D eigenvalue weighted by Gasteiger charge is 2.18. The largest absolute Gasteiger partial charge is 0.489 e. The van der Waals surface area contributed by atoms with Crippen molar-refractivity contribution in [1.29, 1.82) is 0 Å². The maximum Gasteiger partial charge on any atom is 0.123 e. The Morgan fingerprint density at radius 1 is 0.889 bits per heavy atom. The number of aliphatic hydroxyl groups is 1. The van der Waals surface area contributed by atoms with E-state index in [1.807, 2.05) is 62.4 Å². The van der Waals surface area contributed by atoms with Gasteiger partial charge in [-0.15, -0.1) is 0 Å². The van der Waals surface area contributed by atoms with Crippen LogP contribution in [0.3, 0.4) is 0 Å². The molecule has 1 N–H and O–H groups in total. The highest BCUT2D eigenvalue weighted by atomic mass is 79.9. The minimum absolute atomic E-state index is 0.0921. The van der Waals surface area contributed by atoms with Crippen LogP contribution in [-0.4, -0.2) is 11.7 Å². The Labute approximate surface area is 171 Å². The van der Waals surface area contributed by atoms with Crippen molar-refractivity contribution in [2.24, 2.45) is 0 Å². The highest BCUT2D eigenvalue weighted by Crippen LogP contribution is 2.36. The average Bonchev–Trinajstić information content (AvgIpc) is 2.74. The van der Waals surface area contributed by atoms with Crippen LogP contribution in [0, 0.1) is 0 Å². The minimum Gasteiger partial charge on any atom is -0.489 e. The lowest BCUT2D eigenvalue weighted by Gasteiger charge is -2.21. The molecule has 0 aliphatic rings. The van der Waals surface area contributed by atoms with Crippen molar-refractivity contribution < 1.29 is 9.84 Å². The second-order valence-electron chi connectivity index (χ2n) is 5.93. The standard InChI is InChI=1S/C22H21BrO2.C2H6/c23-19-11-12-22(25-16-17-7-3-1-4-8-17)21(15-19)20(13-14-24)18-9-5-2-6-10-18;1-2/h1-12,15,20,24H,13-14,16H2;1-2H3. The van der Waals surface area contributed by atoms with Crippen molar-refractivity contribution in [3.05, 3.63) is 100 Å². The number of ether oxygens (including phenoxy) is 1. The first kappa shape index (κ1) is 21.2. The van der Waals surface area contributed by atoms with E-state index in [9.17, 15) is 5.11 Å². The van der Waals surface area contributed by atoms with E-state index in [4.69, 9.17) is 4.74 Å². The topological polar surface area (TPSA) is 29.5 Å². The molecule has 0 spiro atoms. The molecule has 27 heavy (non-hydrogen) atoms. The van der Waals surface area contributed by atoms with Crippen molar-refractivity contribution in [2.45, 2.75) is 32.8 Å². The molecular weight excluding hydrogens is 400 g/mol. The van der Waals surface area contributed by atoms with Crippen LogP contribution < -0.4 is 4.74 Å². The fourth-order valence-electron chi connectivity index (χ4n) is 2.97. The molecule has 0 saturated heterocycles. The molecule has 0 bridgehead atoms. The first-order valence-electron chi connectivity index (χ1n) is 9.40. The van der Waals surface area contributed by atoms with Gasteiger partial charge in [0, 0.05) is 22.6 Å². The molecule has 0 heterocycles. The van der Waals surface area contributed by atoms with E-state index < -0.39 is 0 Å². The van der Waals surface area contributed by atoms with Gasteiger partial charge in [0.25, 0.3) is 0 Å². The number of hydrogen-bond acceptors (Lipinski definition) is 2. The summed E-state index contributed by atoms with van der Waals surface area (Å²) in [5.41, 5.74) is 3.40. The van der Waals surface area contributed by atoms with Gasteiger partial charge in [-0.3, -0.25) is 0 Å². The lowest BCUT2D eigenvalue weighted by molar-refractivity contribution is 0.276. The molecule has 142 valence electrons. The summed E-state index contributed by atoms with van der Waals surface area (Å²) in [4.78, 5) is 0.